The summed E-state index contributed by atoms with van der Waals surface area (Å²) in [6, 6.07) is 6.69. The number of rotatable bonds is 5. The van der Waals surface area contributed by atoms with Crippen LogP contribution in [0.1, 0.15) is 39.2 Å². The Bertz CT molecular complexity index is 606. The number of aliphatic imine (C=N–C) groups is 1. The first-order chi connectivity index (χ1) is 11.2. The molecule has 1 aromatic carbocycles. The van der Waals surface area contributed by atoms with E-state index in [1.807, 2.05) is 32.9 Å². The van der Waals surface area contributed by atoms with Gasteiger partial charge in [0.25, 0.3) is 0 Å². The van der Waals surface area contributed by atoms with Crippen LogP contribution in [-0.2, 0) is 10.2 Å². The number of carbonyl (C=O) groups excluding carboxylic acids is 1. The van der Waals surface area contributed by atoms with E-state index >= 15 is 0 Å². The predicted molar refractivity (Wildman–Crippen MR) is 110 cm³/mol. The minimum absolute atomic E-state index is 0. The molecule has 3 N–H and O–H groups in total. The Morgan fingerprint density at radius 3 is 2.28 bits per heavy atom. The summed E-state index contributed by atoms with van der Waals surface area (Å²) >= 11 is 0. The van der Waals surface area contributed by atoms with Gasteiger partial charge < -0.3 is 16.0 Å². The van der Waals surface area contributed by atoms with Crippen molar-refractivity contribution in [2.45, 2.75) is 44.6 Å². The number of amides is 1. The Kier molecular flexibility index (Phi) is 7.64. The van der Waals surface area contributed by atoms with Crippen LogP contribution in [0.3, 0.4) is 0 Å². The van der Waals surface area contributed by atoms with Crippen LogP contribution in [-0.4, -0.2) is 37.5 Å². The largest absolute Gasteiger partial charge is 0.356 e. The van der Waals surface area contributed by atoms with Gasteiger partial charge in [-0.2, -0.15) is 0 Å². The Hall–Kier alpha value is -1.38. The molecule has 0 radical (unpaired) electrons. The minimum Gasteiger partial charge on any atom is -0.356 e. The summed E-state index contributed by atoms with van der Waals surface area (Å²) in [7, 11) is 1.68. The van der Waals surface area contributed by atoms with Crippen molar-refractivity contribution in [1.29, 1.82) is 0 Å². The smallest absolute Gasteiger partial charge is 0.239 e. The van der Waals surface area contributed by atoms with Crippen LogP contribution >= 0.6 is 24.0 Å². The van der Waals surface area contributed by atoms with Crippen LogP contribution < -0.4 is 16.0 Å². The van der Waals surface area contributed by atoms with Crippen LogP contribution in [0.2, 0.25) is 0 Å². The van der Waals surface area contributed by atoms with Crippen molar-refractivity contribution in [3.8, 4) is 0 Å². The second-order valence-electron chi connectivity index (χ2n) is 7.36. The average molecular weight is 462 g/mol. The van der Waals surface area contributed by atoms with E-state index in [0.717, 1.165) is 18.4 Å². The van der Waals surface area contributed by atoms with E-state index in [2.05, 4.69) is 20.9 Å². The zero-order chi connectivity index (χ0) is 17.8. The van der Waals surface area contributed by atoms with Crippen LogP contribution in [0.25, 0.3) is 0 Å². The van der Waals surface area contributed by atoms with Gasteiger partial charge in [-0.1, -0.05) is 12.1 Å². The van der Waals surface area contributed by atoms with Crippen LogP contribution in [0.4, 0.5) is 4.39 Å². The average Bonchev–Trinajstić information content (AvgIpc) is 3.27. The lowest BCUT2D eigenvalue weighted by Crippen LogP contribution is -2.49. The normalized spacial score (nSPS) is 15.8. The predicted octanol–water partition coefficient (Wildman–Crippen LogP) is 2.56. The fourth-order valence-corrected chi connectivity index (χ4v) is 2.62. The highest BCUT2D eigenvalue weighted by atomic mass is 127. The quantitative estimate of drug-likeness (QED) is 0.358. The van der Waals surface area contributed by atoms with Gasteiger partial charge in [0, 0.05) is 24.5 Å². The first kappa shape index (κ1) is 21.7. The van der Waals surface area contributed by atoms with E-state index in [1.54, 1.807) is 7.05 Å². The lowest BCUT2D eigenvalue weighted by Gasteiger charge is -2.22. The summed E-state index contributed by atoms with van der Waals surface area (Å²) < 4.78 is 13.1. The van der Waals surface area contributed by atoms with E-state index in [1.165, 1.54) is 12.1 Å². The number of halogens is 2. The maximum Gasteiger partial charge on any atom is 0.239 e. The fourth-order valence-electron chi connectivity index (χ4n) is 2.62. The number of hydrogen-bond acceptors (Lipinski definition) is 2. The molecule has 1 saturated carbocycles. The van der Waals surface area contributed by atoms with Crippen molar-refractivity contribution in [2.75, 3.05) is 20.1 Å². The van der Waals surface area contributed by atoms with Gasteiger partial charge in [-0.15, -0.1) is 24.0 Å². The van der Waals surface area contributed by atoms with E-state index < -0.39 is 0 Å². The number of guanidine groups is 1. The standard InChI is InChI=1S/C18H27FN4O.HI/c1-17(2,3)23-15(24)11-21-16(20-4)22-12-18(9-10-18)13-5-7-14(19)8-6-13;/h5-8H,9-12H2,1-4H3,(H,23,24)(H2,20,21,22);1H. The third kappa shape index (κ3) is 6.80. The molecular formula is C18H28FIN4O. The highest BCUT2D eigenvalue weighted by molar-refractivity contribution is 14.0. The molecule has 0 atom stereocenters. The monoisotopic (exact) mass is 462 g/mol. The number of carbonyl (C=O) groups is 1. The van der Waals surface area contributed by atoms with Gasteiger partial charge in [-0.3, -0.25) is 9.79 Å². The van der Waals surface area contributed by atoms with E-state index in [-0.39, 0.29) is 53.2 Å². The first-order valence-electron chi connectivity index (χ1n) is 8.26. The molecule has 25 heavy (non-hydrogen) atoms. The molecule has 1 aliphatic rings. The van der Waals surface area contributed by atoms with Crippen molar-refractivity contribution in [3.63, 3.8) is 0 Å². The Morgan fingerprint density at radius 1 is 1.20 bits per heavy atom. The number of benzene rings is 1. The minimum atomic E-state index is -0.254. The molecule has 0 aromatic heterocycles. The van der Waals surface area contributed by atoms with Gasteiger partial charge >= 0.3 is 0 Å². The van der Waals surface area contributed by atoms with E-state index in [4.69, 9.17) is 0 Å². The third-order valence-electron chi connectivity index (χ3n) is 4.06. The number of hydrogen-bond donors (Lipinski definition) is 3. The molecule has 7 heteroatoms. The molecule has 140 valence electrons. The van der Waals surface area contributed by atoms with Crippen LogP contribution in [0, 0.1) is 5.82 Å². The summed E-state index contributed by atoms with van der Waals surface area (Å²) in [5, 5.41) is 9.18. The molecule has 0 spiro atoms. The maximum absolute atomic E-state index is 13.1. The molecule has 1 amide bonds. The van der Waals surface area contributed by atoms with Gasteiger partial charge in [-0.05, 0) is 51.3 Å². The molecule has 5 nitrogen and oxygen atoms in total. The second kappa shape index (κ2) is 8.82. The van der Waals surface area contributed by atoms with Crippen molar-refractivity contribution >= 4 is 35.8 Å². The molecule has 0 saturated heterocycles. The van der Waals surface area contributed by atoms with Gasteiger partial charge in [-0.25, -0.2) is 4.39 Å². The Balaban J connectivity index is 0.00000312. The third-order valence-corrected chi connectivity index (χ3v) is 4.06. The lowest BCUT2D eigenvalue weighted by atomic mass is 9.96. The molecule has 1 fully saturated rings. The maximum atomic E-state index is 13.1. The summed E-state index contributed by atoms with van der Waals surface area (Å²) in [6.45, 7) is 6.70. The van der Waals surface area contributed by atoms with Gasteiger partial charge in [0.2, 0.25) is 5.91 Å². The number of nitrogens with one attached hydrogen (secondary N) is 3. The molecule has 0 unspecified atom stereocenters. The van der Waals surface area contributed by atoms with Gasteiger partial charge in [0.1, 0.15) is 5.82 Å². The molecule has 1 aromatic rings. The molecular weight excluding hydrogens is 434 g/mol. The molecule has 0 heterocycles. The summed E-state index contributed by atoms with van der Waals surface area (Å²) in [4.78, 5) is 16.0. The molecule has 2 rings (SSSR count). The van der Waals surface area contributed by atoms with Crippen LogP contribution in [0.5, 0.6) is 0 Å². The molecule has 0 aliphatic heterocycles. The van der Waals surface area contributed by atoms with Gasteiger partial charge in [0.05, 0.1) is 6.54 Å². The summed E-state index contributed by atoms with van der Waals surface area (Å²) in [5.41, 5.74) is 0.923. The van der Waals surface area contributed by atoms with Crippen molar-refractivity contribution in [1.82, 2.24) is 16.0 Å². The van der Waals surface area contributed by atoms with Crippen LogP contribution in [0.15, 0.2) is 29.3 Å². The van der Waals surface area contributed by atoms with Gasteiger partial charge in [0.15, 0.2) is 5.96 Å². The number of nitrogens with zero attached hydrogens (tertiary/aromatic N) is 1. The SMILES string of the molecule is CN=C(NCC(=O)NC(C)(C)C)NCC1(c2ccc(F)cc2)CC1.I. The highest BCUT2D eigenvalue weighted by Gasteiger charge is 2.44. The Labute approximate surface area is 166 Å². The second-order valence-corrected chi connectivity index (χ2v) is 7.36. The van der Waals surface area contributed by atoms with E-state index in [0.29, 0.717) is 12.5 Å². The summed E-state index contributed by atoms with van der Waals surface area (Å²) in [6.07, 6.45) is 2.13. The van der Waals surface area contributed by atoms with Crippen molar-refractivity contribution in [3.05, 3.63) is 35.6 Å². The highest BCUT2D eigenvalue weighted by Crippen LogP contribution is 2.47. The zero-order valence-corrected chi connectivity index (χ0v) is 17.6. The zero-order valence-electron chi connectivity index (χ0n) is 15.3. The Morgan fingerprint density at radius 2 is 1.80 bits per heavy atom. The summed E-state index contributed by atoms with van der Waals surface area (Å²) in [5.74, 6) is 0.294. The first-order valence-corrected chi connectivity index (χ1v) is 8.26. The molecule has 0 bridgehead atoms. The lowest BCUT2D eigenvalue weighted by molar-refractivity contribution is -0.121. The fraction of sp³-hybridized carbons (Fsp3) is 0.556. The molecule has 1 aliphatic carbocycles. The van der Waals surface area contributed by atoms with Crippen molar-refractivity contribution in [2.24, 2.45) is 4.99 Å². The van der Waals surface area contributed by atoms with E-state index in [9.17, 15) is 9.18 Å². The topological polar surface area (TPSA) is 65.5 Å². The van der Waals surface area contributed by atoms with Crippen molar-refractivity contribution < 1.29 is 9.18 Å².